The van der Waals surface area contributed by atoms with Gasteiger partial charge in [-0.2, -0.15) is 0 Å². The van der Waals surface area contributed by atoms with Crippen molar-refractivity contribution in [3.05, 3.63) is 59.4 Å². The van der Waals surface area contributed by atoms with Gasteiger partial charge in [0.25, 0.3) is 0 Å². The fourth-order valence-corrected chi connectivity index (χ4v) is 2.52. The van der Waals surface area contributed by atoms with Crippen molar-refractivity contribution in [1.82, 2.24) is 15.2 Å². The number of rotatable bonds is 8. The fourth-order valence-electron chi connectivity index (χ4n) is 2.52. The summed E-state index contributed by atoms with van der Waals surface area (Å²) in [5.41, 5.74) is 3.40. The van der Waals surface area contributed by atoms with E-state index in [-0.39, 0.29) is 0 Å². The van der Waals surface area contributed by atoms with Crippen LogP contribution in [0.1, 0.15) is 23.7 Å². The number of hydrogen-bond donors (Lipinski definition) is 1. The molecule has 0 aliphatic heterocycles. The van der Waals surface area contributed by atoms with Gasteiger partial charge in [0, 0.05) is 32.0 Å². The average Bonchev–Trinajstić information content (AvgIpc) is 2.64. The molecule has 5 nitrogen and oxygen atoms in total. The second-order valence-corrected chi connectivity index (χ2v) is 6.33. The molecule has 1 aromatic carbocycles. The van der Waals surface area contributed by atoms with Gasteiger partial charge in [-0.05, 0) is 50.5 Å². The third-order valence-corrected chi connectivity index (χ3v) is 4.11. The second kappa shape index (κ2) is 10.4. The third kappa shape index (κ3) is 6.39. The first kappa shape index (κ1) is 19.8. The fraction of sp³-hybridized carbons (Fsp3) is 0.429. The van der Waals surface area contributed by atoms with Crippen LogP contribution in [-0.2, 0) is 6.42 Å². The van der Waals surface area contributed by atoms with E-state index in [4.69, 9.17) is 9.73 Å². The van der Waals surface area contributed by atoms with E-state index in [2.05, 4.69) is 41.2 Å². The van der Waals surface area contributed by atoms with E-state index in [1.54, 1.807) is 0 Å². The van der Waals surface area contributed by atoms with Crippen LogP contribution in [0.3, 0.4) is 0 Å². The minimum Gasteiger partial charge on any atom is -0.491 e. The molecule has 0 atom stereocenters. The Hall–Kier alpha value is -2.56. The number of likely N-dealkylation sites (N-methyl/N-ethyl adjacent to an activating group) is 1. The lowest BCUT2D eigenvalue weighted by Gasteiger charge is -2.22. The Balaban J connectivity index is 1.84. The largest absolute Gasteiger partial charge is 0.491 e. The molecule has 1 N–H and O–H groups in total. The lowest BCUT2D eigenvalue weighted by molar-refractivity contribution is 0.280. The Bertz CT molecular complexity index is 697. The van der Waals surface area contributed by atoms with Gasteiger partial charge in [-0.25, -0.2) is 0 Å². The van der Waals surface area contributed by atoms with Gasteiger partial charge in [0.2, 0.25) is 0 Å². The highest BCUT2D eigenvalue weighted by Crippen LogP contribution is 2.15. The molecule has 0 spiro atoms. The number of benzene rings is 1. The summed E-state index contributed by atoms with van der Waals surface area (Å²) in [6, 6.07) is 12.2. The van der Waals surface area contributed by atoms with Gasteiger partial charge in [0.05, 0.1) is 6.54 Å². The van der Waals surface area contributed by atoms with Crippen molar-refractivity contribution in [3.63, 3.8) is 0 Å². The maximum atomic E-state index is 5.89. The summed E-state index contributed by atoms with van der Waals surface area (Å²) >= 11 is 0. The van der Waals surface area contributed by atoms with Gasteiger partial charge in [0.1, 0.15) is 12.4 Å². The number of hydrogen-bond acceptors (Lipinski definition) is 3. The lowest BCUT2D eigenvalue weighted by atomic mass is 10.2. The number of pyridine rings is 1. The smallest absolute Gasteiger partial charge is 0.193 e. The van der Waals surface area contributed by atoms with Crippen molar-refractivity contribution in [2.45, 2.75) is 27.2 Å². The molecule has 0 aliphatic rings. The maximum Gasteiger partial charge on any atom is 0.193 e. The highest BCUT2D eigenvalue weighted by molar-refractivity contribution is 5.79. The molecular weight excluding hydrogens is 324 g/mol. The van der Waals surface area contributed by atoms with E-state index in [0.29, 0.717) is 6.61 Å². The first-order valence-corrected chi connectivity index (χ1v) is 9.19. The quantitative estimate of drug-likeness (QED) is 0.584. The number of aryl methyl sites for hydroxylation is 2. The van der Waals surface area contributed by atoms with E-state index < -0.39 is 0 Å². The average molecular weight is 354 g/mol. The minimum absolute atomic E-state index is 0.619. The Morgan fingerprint density at radius 3 is 2.69 bits per heavy atom. The molecule has 26 heavy (non-hydrogen) atoms. The first-order chi connectivity index (χ1) is 12.6. The first-order valence-electron chi connectivity index (χ1n) is 9.19. The molecular formula is C21H30N4O. The monoisotopic (exact) mass is 354 g/mol. The van der Waals surface area contributed by atoms with E-state index in [1.165, 1.54) is 5.56 Å². The summed E-state index contributed by atoms with van der Waals surface area (Å²) in [6.45, 7) is 9.10. The van der Waals surface area contributed by atoms with E-state index in [1.807, 2.05) is 44.4 Å². The van der Waals surface area contributed by atoms with Crippen LogP contribution in [0.4, 0.5) is 0 Å². The number of guanidine groups is 1. The van der Waals surface area contributed by atoms with E-state index in [9.17, 15) is 0 Å². The van der Waals surface area contributed by atoms with Crippen LogP contribution >= 0.6 is 0 Å². The van der Waals surface area contributed by atoms with Crippen LogP contribution in [0, 0.1) is 13.8 Å². The normalized spacial score (nSPS) is 11.3. The van der Waals surface area contributed by atoms with Crippen LogP contribution in [0.2, 0.25) is 0 Å². The molecule has 0 radical (unpaired) electrons. The van der Waals surface area contributed by atoms with Gasteiger partial charge in [-0.3, -0.25) is 9.98 Å². The summed E-state index contributed by atoms with van der Waals surface area (Å²) in [4.78, 5) is 11.2. The molecule has 2 rings (SSSR count). The van der Waals surface area contributed by atoms with Gasteiger partial charge >= 0.3 is 0 Å². The standard InChI is InChI=1S/C21H30N4O/c1-5-22-21(23-13-12-19-11-10-18(3)24-16-19)25(4)14-15-26-20-9-7-6-8-17(20)2/h6-11,16H,5,12-15H2,1-4H3,(H,22,23). The number of nitrogens with one attached hydrogen (secondary N) is 1. The summed E-state index contributed by atoms with van der Waals surface area (Å²) in [5, 5.41) is 3.34. The topological polar surface area (TPSA) is 49.8 Å². The Kier molecular flexibility index (Phi) is 7.93. The SMILES string of the molecule is CCNC(=NCCc1ccc(C)nc1)N(C)CCOc1ccccc1C. The number of aliphatic imine (C=N–C) groups is 1. The summed E-state index contributed by atoms with van der Waals surface area (Å²) < 4.78 is 5.89. The number of aromatic nitrogens is 1. The highest BCUT2D eigenvalue weighted by atomic mass is 16.5. The summed E-state index contributed by atoms with van der Waals surface area (Å²) in [7, 11) is 2.04. The molecule has 1 heterocycles. The molecule has 5 heteroatoms. The van der Waals surface area contributed by atoms with Crippen LogP contribution in [0.15, 0.2) is 47.6 Å². The van der Waals surface area contributed by atoms with Crippen molar-refractivity contribution in [2.75, 3.05) is 33.3 Å². The molecule has 0 unspecified atom stereocenters. The van der Waals surface area contributed by atoms with Crippen LogP contribution in [-0.4, -0.2) is 49.1 Å². The zero-order valence-electron chi connectivity index (χ0n) is 16.3. The van der Waals surface area contributed by atoms with Crippen LogP contribution in [0.25, 0.3) is 0 Å². The van der Waals surface area contributed by atoms with E-state index in [0.717, 1.165) is 49.0 Å². The van der Waals surface area contributed by atoms with Gasteiger partial charge in [0.15, 0.2) is 5.96 Å². The summed E-state index contributed by atoms with van der Waals surface area (Å²) in [5.74, 6) is 1.84. The van der Waals surface area contributed by atoms with Crippen molar-refractivity contribution in [3.8, 4) is 5.75 Å². The summed E-state index contributed by atoms with van der Waals surface area (Å²) in [6.07, 6.45) is 2.81. The predicted octanol–water partition coefficient (Wildman–Crippen LogP) is 3.22. The molecule has 0 saturated heterocycles. The number of nitrogens with zero attached hydrogens (tertiary/aromatic N) is 3. The van der Waals surface area contributed by atoms with Crippen molar-refractivity contribution < 1.29 is 4.74 Å². The lowest BCUT2D eigenvalue weighted by Crippen LogP contribution is -2.41. The van der Waals surface area contributed by atoms with Crippen molar-refractivity contribution in [1.29, 1.82) is 0 Å². The predicted molar refractivity (Wildman–Crippen MR) is 108 cm³/mol. The van der Waals surface area contributed by atoms with Gasteiger partial charge in [-0.15, -0.1) is 0 Å². The minimum atomic E-state index is 0.619. The molecule has 0 saturated carbocycles. The Morgan fingerprint density at radius 2 is 2.00 bits per heavy atom. The molecule has 140 valence electrons. The van der Waals surface area contributed by atoms with Crippen molar-refractivity contribution >= 4 is 5.96 Å². The van der Waals surface area contributed by atoms with Gasteiger partial charge in [-0.1, -0.05) is 24.3 Å². The van der Waals surface area contributed by atoms with Gasteiger partial charge < -0.3 is 15.0 Å². The van der Waals surface area contributed by atoms with E-state index >= 15 is 0 Å². The number of para-hydroxylation sites is 1. The second-order valence-electron chi connectivity index (χ2n) is 6.33. The zero-order chi connectivity index (χ0) is 18.8. The molecule has 0 fully saturated rings. The Labute approximate surface area is 157 Å². The maximum absolute atomic E-state index is 5.89. The molecule has 0 bridgehead atoms. The van der Waals surface area contributed by atoms with Crippen LogP contribution < -0.4 is 10.1 Å². The third-order valence-electron chi connectivity index (χ3n) is 4.11. The zero-order valence-corrected chi connectivity index (χ0v) is 16.3. The molecule has 0 amide bonds. The number of ether oxygens (including phenoxy) is 1. The van der Waals surface area contributed by atoms with Crippen molar-refractivity contribution in [2.24, 2.45) is 4.99 Å². The molecule has 1 aromatic heterocycles. The van der Waals surface area contributed by atoms with Crippen LogP contribution in [0.5, 0.6) is 5.75 Å². The highest BCUT2D eigenvalue weighted by Gasteiger charge is 2.06. The molecule has 2 aromatic rings. The Morgan fingerprint density at radius 1 is 1.19 bits per heavy atom. The molecule has 0 aliphatic carbocycles.